The molecule has 5 aromatic rings. The molecule has 0 radical (unpaired) electrons. The second-order valence-corrected chi connectivity index (χ2v) is 7.91. The molecule has 1 amide bonds. The number of nitrogens with zero attached hydrogens (tertiary/aromatic N) is 1. The minimum absolute atomic E-state index is 0.00852. The molecular weight excluding hydrogens is 384 g/mol. The second-order valence-electron chi connectivity index (χ2n) is 7.91. The number of para-hydroxylation sites is 3. The summed E-state index contributed by atoms with van der Waals surface area (Å²) in [6.45, 7) is 2.03. The third kappa shape index (κ3) is 2.72. The average molecular weight is 404 g/mol. The highest BCUT2D eigenvalue weighted by atomic mass is 16.3. The Bertz CT molecular complexity index is 1470. The largest absolute Gasteiger partial charge is 0.456 e. The molecule has 150 valence electrons. The second kappa shape index (κ2) is 6.74. The normalized spacial score (nSPS) is 15.8. The van der Waals surface area contributed by atoms with Crippen molar-refractivity contribution in [2.24, 2.45) is 0 Å². The lowest BCUT2D eigenvalue weighted by Gasteiger charge is -2.38. The van der Waals surface area contributed by atoms with Crippen molar-refractivity contribution in [1.29, 1.82) is 0 Å². The van der Waals surface area contributed by atoms with Crippen molar-refractivity contribution in [3.05, 3.63) is 108 Å². The lowest BCUT2D eigenvalue weighted by atomic mass is 10.00. The molecule has 0 fully saturated rings. The van der Waals surface area contributed by atoms with Crippen molar-refractivity contribution < 1.29 is 9.21 Å². The predicted octanol–water partition coefficient (Wildman–Crippen LogP) is 6.67. The SMILES string of the molecule is Cc1ccccc1N1C(=O)c2ccccc2N[C@@H]1c1ccc2oc3ccccc3c2c1. The Labute approximate surface area is 179 Å². The van der Waals surface area contributed by atoms with Crippen LogP contribution in [0.2, 0.25) is 0 Å². The number of anilines is 2. The van der Waals surface area contributed by atoms with Gasteiger partial charge in [0.05, 0.1) is 5.56 Å². The number of carbonyl (C=O) groups is 1. The first-order valence-electron chi connectivity index (χ1n) is 10.4. The number of benzene rings is 4. The molecule has 0 aliphatic carbocycles. The van der Waals surface area contributed by atoms with Gasteiger partial charge in [0.15, 0.2) is 0 Å². The van der Waals surface area contributed by atoms with Crippen LogP contribution in [0.3, 0.4) is 0 Å². The summed E-state index contributed by atoms with van der Waals surface area (Å²) < 4.78 is 6.00. The minimum Gasteiger partial charge on any atom is -0.456 e. The van der Waals surface area contributed by atoms with E-state index in [-0.39, 0.29) is 12.1 Å². The molecule has 4 heteroatoms. The number of hydrogen-bond donors (Lipinski definition) is 1. The Morgan fingerprint density at radius 3 is 2.45 bits per heavy atom. The maximum atomic E-state index is 13.6. The van der Waals surface area contributed by atoms with E-state index in [9.17, 15) is 4.79 Å². The quantitative estimate of drug-likeness (QED) is 0.358. The Balaban J connectivity index is 1.57. The maximum Gasteiger partial charge on any atom is 0.262 e. The van der Waals surface area contributed by atoms with Crippen LogP contribution in [-0.2, 0) is 0 Å². The fourth-order valence-corrected chi connectivity index (χ4v) is 4.48. The Kier molecular flexibility index (Phi) is 3.87. The van der Waals surface area contributed by atoms with Crippen LogP contribution in [0.15, 0.2) is 95.4 Å². The summed E-state index contributed by atoms with van der Waals surface area (Å²) in [5.74, 6) is -0.00852. The number of furan rings is 1. The highest BCUT2D eigenvalue weighted by Gasteiger charge is 2.34. The van der Waals surface area contributed by atoms with Gasteiger partial charge >= 0.3 is 0 Å². The van der Waals surface area contributed by atoms with Crippen LogP contribution in [0.4, 0.5) is 11.4 Å². The molecule has 31 heavy (non-hydrogen) atoms. The third-order valence-corrected chi connectivity index (χ3v) is 6.02. The summed E-state index contributed by atoms with van der Waals surface area (Å²) in [5, 5.41) is 5.72. The first-order valence-corrected chi connectivity index (χ1v) is 10.4. The van der Waals surface area contributed by atoms with Gasteiger partial charge in [-0.1, -0.05) is 54.6 Å². The molecule has 1 aliphatic heterocycles. The van der Waals surface area contributed by atoms with Gasteiger partial charge in [0.25, 0.3) is 5.91 Å². The molecule has 1 aliphatic rings. The molecule has 0 saturated heterocycles. The van der Waals surface area contributed by atoms with Gasteiger partial charge in [-0.3, -0.25) is 9.69 Å². The molecule has 2 heterocycles. The summed E-state index contributed by atoms with van der Waals surface area (Å²) in [5.41, 5.74) is 6.19. The smallest absolute Gasteiger partial charge is 0.262 e. The summed E-state index contributed by atoms with van der Waals surface area (Å²) in [6.07, 6.45) is -0.332. The van der Waals surface area contributed by atoms with Gasteiger partial charge in [-0.25, -0.2) is 0 Å². The zero-order chi connectivity index (χ0) is 20.9. The molecule has 4 nitrogen and oxygen atoms in total. The van der Waals surface area contributed by atoms with Crippen molar-refractivity contribution in [3.63, 3.8) is 0 Å². The average Bonchev–Trinajstić information content (AvgIpc) is 3.18. The molecule has 1 atom stereocenters. The molecule has 1 aromatic heterocycles. The molecule has 0 unspecified atom stereocenters. The van der Waals surface area contributed by atoms with Crippen LogP contribution in [0.5, 0.6) is 0 Å². The molecule has 4 aromatic carbocycles. The highest BCUT2D eigenvalue weighted by Crippen LogP contribution is 2.39. The van der Waals surface area contributed by atoms with Crippen molar-refractivity contribution in [2.45, 2.75) is 13.1 Å². The van der Waals surface area contributed by atoms with E-state index in [1.54, 1.807) is 0 Å². The van der Waals surface area contributed by atoms with Gasteiger partial charge < -0.3 is 9.73 Å². The highest BCUT2D eigenvalue weighted by molar-refractivity contribution is 6.12. The van der Waals surface area contributed by atoms with E-state index >= 15 is 0 Å². The standard InChI is InChI=1S/C27H20N2O2/c1-17-8-2-6-12-23(17)29-26(28-22-11-5-3-10-20(22)27(29)30)18-14-15-25-21(16-18)19-9-4-7-13-24(19)31-25/h2-16,26,28H,1H3/t26-/m0/s1. The zero-order valence-corrected chi connectivity index (χ0v) is 17.0. The van der Waals surface area contributed by atoms with E-state index in [1.807, 2.05) is 90.7 Å². The number of carbonyl (C=O) groups excluding carboxylic acids is 1. The van der Waals surface area contributed by atoms with Gasteiger partial charge in [0.1, 0.15) is 17.3 Å². The molecule has 6 rings (SSSR count). The minimum atomic E-state index is -0.332. The van der Waals surface area contributed by atoms with Crippen molar-refractivity contribution in [2.75, 3.05) is 10.2 Å². The van der Waals surface area contributed by atoms with Crippen LogP contribution in [0.1, 0.15) is 27.7 Å². The zero-order valence-electron chi connectivity index (χ0n) is 17.0. The van der Waals surface area contributed by atoms with Crippen molar-refractivity contribution >= 4 is 39.2 Å². The van der Waals surface area contributed by atoms with E-state index in [4.69, 9.17) is 4.42 Å². The van der Waals surface area contributed by atoms with Gasteiger partial charge in [0, 0.05) is 22.1 Å². The van der Waals surface area contributed by atoms with Gasteiger partial charge in [-0.15, -0.1) is 0 Å². The first kappa shape index (κ1) is 17.8. The van der Waals surface area contributed by atoms with E-state index in [0.29, 0.717) is 5.56 Å². The molecule has 0 saturated carbocycles. The van der Waals surface area contributed by atoms with Gasteiger partial charge in [0.2, 0.25) is 0 Å². The monoisotopic (exact) mass is 404 g/mol. The fraction of sp³-hybridized carbons (Fsp3) is 0.0741. The Hall–Kier alpha value is -4.05. The van der Waals surface area contributed by atoms with Crippen LogP contribution in [-0.4, -0.2) is 5.91 Å². The number of nitrogens with one attached hydrogen (secondary N) is 1. The molecule has 1 N–H and O–H groups in total. The third-order valence-electron chi connectivity index (χ3n) is 6.02. The van der Waals surface area contributed by atoms with Crippen LogP contribution in [0, 0.1) is 6.92 Å². The number of hydrogen-bond acceptors (Lipinski definition) is 3. The van der Waals surface area contributed by atoms with E-state index in [1.165, 1.54) is 0 Å². The fourth-order valence-electron chi connectivity index (χ4n) is 4.48. The summed E-state index contributed by atoms with van der Waals surface area (Å²) in [4.78, 5) is 15.5. The van der Waals surface area contributed by atoms with Crippen LogP contribution < -0.4 is 10.2 Å². The van der Waals surface area contributed by atoms with E-state index < -0.39 is 0 Å². The summed E-state index contributed by atoms with van der Waals surface area (Å²) in [7, 11) is 0. The van der Waals surface area contributed by atoms with E-state index in [0.717, 1.165) is 44.4 Å². The Morgan fingerprint density at radius 1 is 0.806 bits per heavy atom. The van der Waals surface area contributed by atoms with Crippen LogP contribution in [0.25, 0.3) is 21.9 Å². The van der Waals surface area contributed by atoms with Crippen molar-refractivity contribution in [3.8, 4) is 0 Å². The summed E-state index contributed by atoms with van der Waals surface area (Å²) in [6, 6.07) is 29.9. The predicted molar refractivity (Wildman–Crippen MR) is 125 cm³/mol. The lowest BCUT2D eigenvalue weighted by molar-refractivity contribution is 0.0974. The number of aryl methyl sites for hydroxylation is 1. The van der Waals surface area contributed by atoms with Crippen LogP contribution >= 0.6 is 0 Å². The number of rotatable bonds is 2. The summed E-state index contributed by atoms with van der Waals surface area (Å²) >= 11 is 0. The number of amides is 1. The first-order chi connectivity index (χ1) is 15.2. The molecule has 0 spiro atoms. The maximum absolute atomic E-state index is 13.6. The molecule has 0 bridgehead atoms. The topological polar surface area (TPSA) is 45.5 Å². The van der Waals surface area contributed by atoms with E-state index in [2.05, 4.69) is 17.4 Å². The van der Waals surface area contributed by atoms with Gasteiger partial charge in [-0.2, -0.15) is 0 Å². The van der Waals surface area contributed by atoms with Gasteiger partial charge in [-0.05, 0) is 54.4 Å². The van der Waals surface area contributed by atoms with Crippen molar-refractivity contribution in [1.82, 2.24) is 0 Å². The lowest BCUT2D eigenvalue weighted by Crippen LogP contribution is -2.43. The Morgan fingerprint density at radius 2 is 1.55 bits per heavy atom. The molecular formula is C27H20N2O2. The number of fused-ring (bicyclic) bond motifs is 4.